The summed E-state index contributed by atoms with van der Waals surface area (Å²) < 4.78 is 25.0. The number of furan rings is 1. The molecule has 0 aliphatic heterocycles. The maximum Gasteiger partial charge on any atom is 0.244 e. The third-order valence-corrected chi connectivity index (χ3v) is 6.45. The molecular formula is C32H28FNO3. The standard InChI is InChI=1S/C32H28FNO3/c1-3-36-30-19-31-28(29(20-37-31)26-10-6-8-23-7-4-5-9-25(23)26)18-27(30)21(2)17-32(35)34-16-15-22-11-13-24(33)14-12-22/h4-14,17-20H,3,15-16H2,1-2H3,(H,34,35)/b21-17+. The van der Waals surface area contributed by atoms with Crippen LogP contribution in [0.2, 0.25) is 0 Å². The molecule has 0 aliphatic rings. The highest BCUT2D eigenvalue weighted by atomic mass is 19.1. The van der Waals surface area contributed by atoms with Crippen molar-refractivity contribution in [3.8, 4) is 16.9 Å². The van der Waals surface area contributed by atoms with E-state index in [2.05, 4.69) is 29.6 Å². The average molecular weight is 494 g/mol. The first-order chi connectivity index (χ1) is 18.0. The molecule has 5 rings (SSSR count). The molecule has 0 saturated heterocycles. The molecule has 5 aromatic rings. The van der Waals surface area contributed by atoms with Crippen molar-refractivity contribution in [3.63, 3.8) is 0 Å². The minimum atomic E-state index is -0.269. The average Bonchev–Trinajstić information content (AvgIpc) is 3.32. The second-order valence-corrected chi connectivity index (χ2v) is 8.95. The first-order valence-electron chi connectivity index (χ1n) is 12.4. The number of hydrogen-bond acceptors (Lipinski definition) is 3. The van der Waals surface area contributed by atoms with Crippen molar-refractivity contribution in [2.45, 2.75) is 20.3 Å². The van der Waals surface area contributed by atoms with Crippen LogP contribution in [0.25, 0.3) is 38.4 Å². The van der Waals surface area contributed by atoms with E-state index in [9.17, 15) is 9.18 Å². The van der Waals surface area contributed by atoms with Crippen molar-refractivity contribution in [1.82, 2.24) is 5.32 Å². The van der Waals surface area contributed by atoms with E-state index in [0.717, 1.165) is 49.6 Å². The lowest BCUT2D eigenvalue weighted by atomic mass is 9.96. The van der Waals surface area contributed by atoms with Gasteiger partial charge in [0.2, 0.25) is 5.91 Å². The number of carbonyl (C=O) groups is 1. The molecule has 1 aromatic heterocycles. The Hall–Kier alpha value is -4.38. The van der Waals surface area contributed by atoms with E-state index in [1.807, 2.05) is 44.2 Å². The zero-order valence-electron chi connectivity index (χ0n) is 20.9. The summed E-state index contributed by atoms with van der Waals surface area (Å²) in [5.41, 5.74) is 5.40. The molecule has 1 heterocycles. The molecular weight excluding hydrogens is 465 g/mol. The van der Waals surface area contributed by atoms with Gasteiger partial charge < -0.3 is 14.5 Å². The zero-order chi connectivity index (χ0) is 25.8. The topological polar surface area (TPSA) is 51.5 Å². The largest absolute Gasteiger partial charge is 0.493 e. The van der Waals surface area contributed by atoms with Crippen molar-refractivity contribution in [2.24, 2.45) is 0 Å². The Labute approximate surface area is 215 Å². The number of rotatable bonds is 8. The molecule has 0 saturated carbocycles. The van der Waals surface area contributed by atoms with Gasteiger partial charge in [-0.2, -0.15) is 0 Å². The van der Waals surface area contributed by atoms with Crippen LogP contribution in [0.5, 0.6) is 5.75 Å². The van der Waals surface area contributed by atoms with Gasteiger partial charge in [-0.3, -0.25) is 4.79 Å². The summed E-state index contributed by atoms with van der Waals surface area (Å²) in [5.74, 6) is 0.208. The lowest BCUT2D eigenvalue weighted by Gasteiger charge is -2.12. The van der Waals surface area contributed by atoms with E-state index in [1.165, 1.54) is 12.1 Å². The fraction of sp³-hybridized carbons (Fsp3) is 0.156. The predicted molar refractivity (Wildman–Crippen MR) is 147 cm³/mol. The van der Waals surface area contributed by atoms with Gasteiger partial charge in [0.15, 0.2) is 0 Å². The summed E-state index contributed by atoms with van der Waals surface area (Å²) in [6, 6.07) is 24.8. The van der Waals surface area contributed by atoms with Gasteiger partial charge in [0, 0.05) is 35.2 Å². The molecule has 0 spiro atoms. The Kier molecular flexibility index (Phi) is 7.04. The molecule has 5 heteroatoms. The van der Waals surface area contributed by atoms with Crippen molar-refractivity contribution in [1.29, 1.82) is 0 Å². The van der Waals surface area contributed by atoms with Crippen LogP contribution in [0.15, 0.2) is 95.6 Å². The Morgan fingerprint density at radius 2 is 1.76 bits per heavy atom. The number of allylic oxidation sites excluding steroid dienone is 1. The molecule has 186 valence electrons. The molecule has 1 N–H and O–H groups in total. The number of hydrogen-bond donors (Lipinski definition) is 1. The van der Waals surface area contributed by atoms with Crippen molar-refractivity contribution >= 4 is 33.2 Å². The van der Waals surface area contributed by atoms with Crippen LogP contribution in [-0.2, 0) is 11.2 Å². The fourth-order valence-electron chi connectivity index (χ4n) is 4.61. The summed E-state index contributed by atoms with van der Waals surface area (Å²) in [7, 11) is 0. The second-order valence-electron chi connectivity index (χ2n) is 8.95. The summed E-state index contributed by atoms with van der Waals surface area (Å²) in [4.78, 5) is 12.7. The molecule has 0 atom stereocenters. The lowest BCUT2D eigenvalue weighted by Crippen LogP contribution is -2.23. The van der Waals surface area contributed by atoms with Gasteiger partial charge in [-0.05, 0) is 65.9 Å². The monoisotopic (exact) mass is 493 g/mol. The first kappa shape index (κ1) is 24.3. The van der Waals surface area contributed by atoms with Crippen LogP contribution in [0, 0.1) is 5.82 Å². The van der Waals surface area contributed by atoms with Crippen molar-refractivity contribution in [2.75, 3.05) is 13.2 Å². The van der Waals surface area contributed by atoms with E-state index in [-0.39, 0.29) is 11.7 Å². The number of nitrogens with one attached hydrogen (secondary N) is 1. The normalized spacial score (nSPS) is 11.7. The number of benzene rings is 4. The fourth-order valence-corrected chi connectivity index (χ4v) is 4.61. The van der Waals surface area contributed by atoms with Crippen LogP contribution in [0.3, 0.4) is 0 Å². The second kappa shape index (κ2) is 10.7. The highest BCUT2D eigenvalue weighted by molar-refractivity contribution is 6.06. The summed E-state index contributed by atoms with van der Waals surface area (Å²) >= 11 is 0. The molecule has 0 bridgehead atoms. The molecule has 0 radical (unpaired) electrons. The molecule has 0 fully saturated rings. The van der Waals surface area contributed by atoms with Gasteiger partial charge in [-0.25, -0.2) is 4.39 Å². The van der Waals surface area contributed by atoms with Gasteiger partial charge in [0.25, 0.3) is 0 Å². The minimum absolute atomic E-state index is 0.191. The van der Waals surface area contributed by atoms with Crippen LogP contribution in [0.4, 0.5) is 4.39 Å². The zero-order valence-corrected chi connectivity index (χ0v) is 20.9. The Balaban J connectivity index is 1.45. The van der Waals surface area contributed by atoms with E-state index in [0.29, 0.717) is 25.3 Å². The summed E-state index contributed by atoms with van der Waals surface area (Å²) in [6.45, 7) is 4.78. The Morgan fingerprint density at radius 1 is 0.973 bits per heavy atom. The molecule has 37 heavy (non-hydrogen) atoms. The van der Waals surface area contributed by atoms with Crippen LogP contribution >= 0.6 is 0 Å². The van der Waals surface area contributed by atoms with E-state index in [1.54, 1.807) is 24.5 Å². The van der Waals surface area contributed by atoms with Gasteiger partial charge in [0.1, 0.15) is 17.1 Å². The molecule has 0 unspecified atom stereocenters. The van der Waals surface area contributed by atoms with E-state index in [4.69, 9.17) is 9.15 Å². The summed E-state index contributed by atoms with van der Waals surface area (Å²) in [5, 5.41) is 6.19. The molecule has 4 nitrogen and oxygen atoms in total. The molecule has 1 amide bonds. The van der Waals surface area contributed by atoms with Crippen LogP contribution < -0.4 is 10.1 Å². The third-order valence-electron chi connectivity index (χ3n) is 6.45. The van der Waals surface area contributed by atoms with Gasteiger partial charge >= 0.3 is 0 Å². The quantitative estimate of drug-likeness (QED) is 0.227. The molecule has 4 aromatic carbocycles. The predicted octanol–water partition coefficient (Wildman–Crippen LogP) is 7.55. The lowest BCUT2D eigenvalue weighted by molar-refractivity contribution is -0.116. The van der Waals surface area contributed by atoms with Gasteiger partial charge in [0.05, 0.1) is 12.9 Å². The Bertz CT molecular complexity index is 1590. The maximum absolute atomic E-state index is 13.1. The Morgan fingerprint density at radius 3 is 2.57 bits per heavy atom. The maximum atomic E-state index is 13.1. The van der Waals surface area contributed by atoms with Crippen molar-refractivity contribution in [3.05, 3.63) is 108 Å². The number of carbonyl (C=O) groups excluding carboxylic acids is 1. The highest BCUT2D eigenvalue weighted by Crippen LogP contribution is 2.39. The number of fused-ring (bicyclic) bond motifs is 2. The van der Waals surface area contributed by atoms with Gasteiger partial charge in [-0.15, -0.1) is 0 Å². The number of ether oxygens (including phenoxy) is 1. The SMILES string of the molecule is CCOc1cc2occ(-c3cccc4ccccc34)c2cc1/C(C)=C/C(=O)NCCc1ccc(F)cc1. The minimum Gasteiger partial charge on any atom is -0.493 e. The summed E-state index contributed by atoms with van der Waals surface area (Å²) in [6.07, 6.45) is 4.00. The smallest absolute Gasteiger partial charge is 0.244 e. The number of amides is 1. The highest BCUT2D eigenvalue weighted by Gasteiger charge is 2.16. The third kappa shape index (κ3) is 5.26. The van der Waals surface area contributed by atoms with E-state index >= 15 is 0 Å². The first-order valence-corrected chi connectivity index (χ1v) is 12.4. The molecule has 0 aliphatic carbocycles. The number of halogens is 1. The van der Waals surface area contributed by atoms with Crippen molar-refractivity contribution < 1.29 is 18.3 Å². The van der Waals surface area contributed by atoms with E-state index < -0.39 is 0 Å². The van der Waals surface area contributed by atoms with Crippen LogP contribution in [0.1, 0.15) is 25.0 Å². The van der Waals surface area contributed by atoms with Crippen LogP contribution in [-0.4, -0.2) is 19.1 Å². The van der Waals surface area contributed by atoms with Gasteiger partial charge in [-0.1, -0.05) is 54.6 Å².